The molecule has 0 aromatic heterocycles. The second kappa shape index (κ2) is 8.82. The number of nitrogens with zero attached hydrogens (tertiary/aromatic N) is 4. The monoisotopic (exact) mass is 482 g/mol. The smallest absolute Gasteiger partial charge is 0.280 e. The molecule has 2 aliphatic heterocycles. The highest BCUT2D eigenvalue weighted by Gasteiger charge is 2.37. The average Bonchev–Trinajstić information content (AvgIpc) is 3.10. The molecule has 0 saturated carbocycles. The predicted molar refractivity (Wildman–Crippen MR) is 111 cm³/mol. The normalized spacial score (nSPS) is 17.5. The van der Waals surface area contributed by atoms with E-state index < -0.39 is 45.6 Å². The SMILES string of the molecule is CC1=NN(c2c(F)c(F)c(F)c(F)c2F)C(=O)/C1=C/c1cc(N2CCOCC2)ccc1[N+](=O)[O-]. The maximum atomic E-state index is 14.2. The van der Waals surface area contributed by atoms with Gasteiger partial charge in [0.25, 0.3) is 11.6 Å². The molecule has 1 fully saturated rings. The number of morpholine rings is 1. The van der Waals surface area contributed by atoms with Crippen LogP contribution < -0.4 is 9.91 Å². The number of anilines is 2. The quantitative estimate of drug-likeness (QED) is 0.165. The van der Waals surface area contributed by atoms with E-state index in [0.717, 1.165) is 6.08 Å². The van der Waals surface area contributed by atoms with Crippen LogP contribution in [0.1, 0.15) is 12.5 Å². The highest BCUT2D eigenvalue weighted by Crippen LogP contribution is 2.35. The van der Waals surface area contributed by atoms with Crippen LogP contribution in [0.15, 0.2) is 28.9 Å². The number of ether oxygens (including phenoxy) is 1. The first-order chi connectivity index (χ1) is 16.1. The summed E-state index contributed by atoms with van der Waals surface area (Å²) in [5, 5.41) is 15.2. The lowest BCUT2D eigenvalue weighted by Gasteiger charge is -2.29. The van der Waals surface area contributed by atoms with E-state index in [0.29, 0.717) is 32.0 Å². The zero-order valence-corrected chi connectivity index (χ0v) is 17.4. The molecule has 2 aliphatic rings. The molecule has 34 heavy (non-hydrogen) atoms. The van der Waals surface area contributed by atoms with E-state index in [1.54, 1.807) is 0 Å². The Morgan fingerprint density at radius 3 is 2.21 bits per heavy atom. The molecule has 0 aliphatic carbocycles. The second-order valence-electron chi connectivity index (χ2n) is 7.38. The molecule has 2 aromatic carbocycles. The Hall–Kier alpha value is -3.87. The average molecular weight is 482 g/mol. The van der Waals surface area contributed by atoms with Gasteiger partial charge in [-0.3, -0.25) is 14.9 Å². The van der Waals surface area contributed by atoms with Crippen LogP contribution in [0.4, 0.5) is 39.0 Å². The van der Waals surface area contributed by atoms with Gasteiger partial charge in [0.05, 0.1) is 35.0 Å². The molecule has 1 amide bonds. The number of halogens is 5. The number of carbonyl (C=O) groups is 1. The van der Waals surface area contributed by atoms with Gasteiger partial charge < -0.3 is 9.64 Å². The van der Waals surface area contributed by atoms with E-state index in [1.165, 1.54) is 25.1 Å². The molecular formula is C21H15F5N4O4. The molecule has 0 unspecified atom stereocenters. The molecule has 1 saturated heterocycles. The molecule has 2 aromatic rings. The number of rotatable bonds is 4. The predicted octanol–water partition coefficient (Wildman–Crippen LogP) is 3.93. The van der Waals surface area contributed by atoms with Gasteiger partial charge in [0.15, 0.2) is 23.3 Å². The Morgan fingerprint density at radius 2 is 1.62 bits per heavy atom. The minimum atomic E-state index is -2.38. The summed E-state index contributed by atoms with van der Waals surface area (Å²) < 4.78 is 74.4. The van der Waals surface area contributed by atoms with Crippen LogP contribution in [0, 0.1) is 39.2 Å². The molecular weight excluding hydrogens is 467 g/mol. The third kappa shape index (κ3) is 3.87. The Kier molecular flexibility index (Phi) is 6.04. The third-order valence-corrected chi connectivity index (χ3v) is 5.34. The van der Waals surface area contributed by atoms with Crippen molar-refractivity contribution in [3.63, 3.8) is 0 Å². The topological polar surface area (TPSA) is 88.3 Å². The number of hydrazone groups is 1. The Labute approximate surface area is 188 Å². The van der Waals surface area contributed by atoms with Crippen molar-refractivity contribution in [1.29, 1.82) is 0 Å². The van der Waals surface area contributed by atoms with Gasteiger partial charge in [-0.25, -0.2) is 22.0 Å². The maximum Gasteiger partial charge on any atom is 0.280 e. The van der Waals surface area contributed by atoms with Crippen LogP contribution >= 0.6 is 0 Å². The summed E-state index contributed by atoms with van der Waals surface area (Å²) >= 11 is 0. The van der Waals surface area contributed by atoms with E-state index in [9.17, 15) is 36.9 Å². The molecule has 0 radical (unpaired) electrons. The van der Waals surface area contributed by atoms with Crippen molar-refractivity contribution in [2.45, 2.75) is 6.92 Å². The van der Waals surface area contributed by atoms with Gasteiger partial charge in [-0.15, -0.1) is 0 Å². The minimum absolute atomic E-state index is 0.00819. The van der Waals surface area contributed by atoms with Crippen molar-refractivity contribution in [3.8, 4) is 0 Å². The van der Waals surface area contributed by atoms with Crippen LogP contribution in [0.25, 0.3) is 6.08 Å². The van der Waals surface area contributed by atoms with Crippen molar-refractivity contribution in [2.24, 2.45) is 5.10 Å². The summed E-state index contributed by atoms with van der Waals surface area (Å²) in [6.07, 6.45) is 1.09. The lowest BCUT2D eigenvalue weighted by Crippen LogP contribution is -2.36. The zero-order valence-electron chi connectivity index (χ0n) is 17.4. The fourth-order valence-corrected chi connectivity index (χ4v) is 3.61. The zero-order chi connectivity index (χ0) is 24.7. The van der Waals surface area contributed by atoms with E-state index in [2.05, 4.69) is 5.10 Å². The Bertz CT molecular complexity index is 1250. The molecule has 4 rings (SSSR count). The van der Waals surface area contributed by atoms with Crippen molar-refractivity contribution < 1.29 is 36.4 Å². The molecule has 8 nitrogen and oxygen atoms in total. The first-order valence-corrected chi connectivity index (χ1v) is 9.86. The number of nitro groups is 1. The fourth-order valence-electron chi connectivity index (χ4n) is 3.61. The Morgan fingerprint density at radius 1 is 1.03 bits per heavy atom. The number of carbonyl (C=O) groups excluding carboxylic acids is 1. The first kappa shape index (κ1) is 23.3. The van der Waals surface area contributed by atoms with Crippen LogP contribution in [-0.2, 0) is 9.53 Å². The van der Waals surface area contributed by atoms with Gasteiger partial charge >= 0.3 is 0 Å². The van der Waals surface area contributed by atoms with E-state index in [-0.39, 0.29) is 27.5 Å². The highest BCUT2D eigenvalue weighted by atomic mass is 19.2. The van der Waals surface area contributed by atoms with Crippen molar-refractivity contribution in [2.75, 3.05) is 36.2 Å². The molecule has 178 valence electrons. The van der Waals surface area contributed by atoms with Crippen LogP contribution in [-0.4, -0.2) is 42.8 Å². The molecule has 0 spiro atoms. The molecule has 0 N–H and O–H groups in total. The minimum Gasteiger partial charge on any atom is -0.378 e. The van der Waals surface area contributed by atoms with Gasteiger partial charge in [-0.1, -0.05) is 0 Å². The maximum absolute atomic E-state index is 14.2. The van der Waals surface area contributed by atoms with E-state index in [1.807, 2.05) is 4.90 Å². The first-order valence-electron chi connectivity index (χ1n) is 9.86. The largest absolute Gasteiger partial charge is 0.378 e. The summed E-state index contributed by atoms with van der Waals surface area (Å²) in [5.41, 5.74) is -1.75. The molecule has 2 heterocycles. The summed E-state index contributed by atoms with van der Waals surface area (Å²) in [6, 6.07) is 4.23. The molecule has 0 bridgehead atoms. The van der Waals surface area contributed by atoms with Crippen molar-refractivity contribution in [3.05, 3.63) is 68.5 Å². The lowest BCUT2D eigenvalue weighted by molar-refractivity contribution is -0.385. The number of hydrogen-bond donors (Lipinski definition) is 0. The fraction of sp³-hybridized carbons (Fsp3) is 0.238. The summed E-state index contributed by atoms with van der Waals surface area (Å²) in [6.45, 7) is 3.22. The van der Waals surface area contributed by atoms with Crippen LogP contribution in [0.5, 0.6) is 0 Å². The number of nitro benzene ring substituents is 1. The van der Waals surface area contributed by atoms with Crippen molar-refractivity contribution in [1.82, 2.24) is 0 Å². The highest BCUT2D eigenvalue weighted by molar-refractivity contribution is 6.32. The van der Waals surface area contributed by atoms with Gasteiger partial charge in [0.1, 0.15) is 5.69 Å². The van der Waals surface area contributed by atoms with Crippen LogP contribution in [0.2, 0.25) is 0 Å². The third-order valence-electron chi connectivity index (χ3n) is 5.34. The van der Waals surface area contributed by atoms with Gasteiger partial charge in [-0.2, -0.15) is 10.1 Å². The van der Waals surface area contributed by atoms with Gasteiger partial charge in [-0.05, 0) is 25.1 Å². The van der Waals surface area contributed by atoms with Crippen molar-refractivity contribution >= 4 is 34.8 Å². The standard InChI is InChI=1S/C21H15F5N4O4/c1-10-13(21(31)29(27-10)20-18(25)16(23)15(22)17(24)19(20)26)9-11-8-12(2-3-14(11)30(32)33)28-4-6-34-7-5-28/h2-3,8-9H,4-7H2,1H3/b13-9+. The Balaban J connectivity index is 1.78. The molecule has 0 atom stereocenters. The van der Waals surface area contributed by atoms with E-state index >= 15 is 0 Å². The van der Waals surface area contributed by atoms with Gasteiger partial charge in [0, 0.05) is 24.8 Å². The number of amides is 1. The van der Waals surface area contributed by atoms with Gasteiger partial charge in [0.2, 0.25) is 5.82 Å². The summed E-state index contributed by atoms with van der Waals surface area (Å²) in [7, 11) is 0. The number of hydrogen-bond acceptors (Lipinski definition) is 6. The van der Waals surface area contributed by atoms with E-state index in [4.69, 9.17) is 4.74 Å². The molecule has 13 heteroatoms. The summed E-state index contributed by atoms with van der Waals surface area (Å²) in [4.78, 5) is 25.6. The number of benzene rings is 2. The van der Waals surface area contributed by atoms with Crippen LogP contribution in [0.3, 0.4) is 0 Å². The lowest BCUT2D eigenvalue weighted by atomic mass is 10.0. The second-order valence-corrected chi connectivity index (χ2v) is 7.38. The summed E-state index contributed by atoms with van der Waals surface area (Å²) in [5.74, 6) is -12.5.